The molecule has 0 bridgehead atoms. The number of carbonyl (C=O) groups is 1. The van der Waals surface area contributed by atoms with Crippen molar-refractivity contribution in [3.05, 3.63) is 54.0 Å². The summed E-state index contributed by atoms with van der Waals surface area (Å²) < 4.78 is 15.8. The number of nitriles is 1. The van der Waals surface area contributed by atoms with Crippen molar-refractivity contribution in [2.24, 2.45) is 5.92 Å². The zero-order valence-electron chi connectivity index (χ0n) is 12.5. The molecule has 0 N–H and O–H groups in total. The van der Waals surface area contributed by atoms with Gasteiger partial charge in [-0.1, -0.05) is 18.2 Å². The first-order chi connectivity index (χ1) is 10.7. The van der Waals surface area contributed by atoms with Crippen LogP contribution in [0.15, 0.2) is 47.1 Å². The Morgan fingerprint density at radius 3 is 2.68 bits per heavy atom. The number of carbonyl (C=O) groups excluding carboxylic acids is 1. The summed E-state index contributed by atoms with van der Waals surface area (Å²) in [7, 11) is 1.55. The Hall–Kier alpha value is -2.74. The quantitative estimate of drug-likeness (QED) is 0.766. The smallest absolute Gasteiger partial charge is 0.324 e. The molecule has 2 aromatic rings. The number of methoxy groups -OCH3 is 1. The predicted octanol–water partition coefficient (Wildman–Crippen LogP) is 3.12. The molecule has 0 aliphatic carbocycles. The molecular weight excluding hydrogens is 282 g/mol. The molecule has 5 nitrogen and oxygen atoms in total. The second-order valence-corrected chi connectivity index (χ2v) is 4.59. The third-order valence-corrected chi connectivity index (χ3v) is 3.34. The normalized spacial score (nSPS) is 13.0. The van der Waals surface area contributed by atoms with E-state index >= 15 is 0 Å². The second kappa shape index (κ2) is 7.32. The van der Waals surface area contributed by atoms with Gasteiger partial charge in [-0.25, -0.2) is 0 Å². The SMILES string of the molecule is CCOC(=O)[C@H](C#N)[C@H](c1ccco1)c1ccccc1OC. The molecule has 1 heterocycles. The van der Waals surface area contributed by atoms with E-state index < -0.39 is 17.8 Å². The third-order valence-electron chi connectivity index (χ3n) is 3.34. The summed E-state index contributed by atoms with van der Waals surface area (Å²) in [4.78, 5) is 12.2. The van der Waals surface area contributed by atoms with Gasteiger partial charge in [-0.3, -0.25) is 4.79 Å². The molecule has 1 aromatic heterocycles. The molecule has 0 aliphatic heterocycles. The van der Waals surface area contributed by atoms with Crippen LogP contribution < -0.4 is 4.74 Å². The van der Waals surface area contributed by atoms with Crippen molar-refractivity contribution in [2.75, 3.05) is 13.7 Å². The molecule has 5 heteroatoms. The fraction of sp³-hybridized carbons (Fsp3) is 0.294. The summed E-state index contributed by atoms with van der Waals surface area (Å²) >= 11 is 0. The van der Waals surface area contributed by atoms with Crippen molar-refractivity contribution in [3.8, 4) is 11.8 Å². The highest BCUT2D eigenvalue weighted by molar-refractivity contribution is 5.77. The maximum Gasteiger partial charge on any atom is 0.324 e. The Labute approximate surface area is 129 Å². The number of para-hydroxylation sites is 1. The lowest BCUT2D eigenvalue weighted by atomic mass is 9.84. The Morgan fingerprint density at radius 2 is 2.09 bits per heavy atom. The summed E-state index contributed by atoms with van der Waals surface area (Å²) in [5.74, 6) is -1.06. The molecule has 0 aliphatic rings. The summed E-state index contributed by atoms with van der Waals surface area (Å²) in [6.07, 6.45) is 1.51. The van der Waals surface area contributed by atoms with Gasteiger partial charge >= 0.3 is 5.97 Å². The van der Waals surface area contributed by atoms with E-state index in [0.717, 1.165) is 0 Å². The molecule has 0 saturated heterocycles. The van der Waals surface area contributed by atoms with Crippen LogP contribution in [0.3, 0.4) is 0 Å². The van der Waals surface area contributed by atoms with E-state index in [0.29, 0.717) is 17.1 Å². The third kappa shape index (κ3) is 3.12. The van der Waals surface area contributed by atoms with Gasteiger partial charge in [0.05, 0.1) is 32.0 Å². The number of benzene rings is 1. The lowest BCUT2D eigenvalue weighted by Gasteiger charge is -2.21. The van der Waals surface area contributed by atoms with Gasteiger partial charge in [0.25, 0.3) is 0 Å². The predicted molar refractivity (Wildman–Crippen MR) is 79.3 cm³/mol. The van der Waals surface area contributed by atoms with Crippen LogP contribution in [0.4, 0.5) is 0 Å². The van der Waals surface area contributed by atoms with Crippen LogP contribution in [-0.2, 0) is 9.53 Å². The van der Waals surface area contributed by atoms with Gasteiger partial charge in [0, 0.05) is 5.56 Å². The fourth-order valence-corrected chi connectivity index (χ4v) is 2.38. The Bertz CT molecular complexity index is 658. The molecule has 0 spiro atoms. The molecular formula is C17H17NO4. The van der Waals surface area contributed by atoms with Crippen molar-refractivity contribution in [2.45, 2.75) is 12.8 Å². The molecule has 0 fully saturated rings. The molecule has 2 rings (SSSR count). The molecule has 2 atom stereocenters. The minimum atomic E-state index is -1.01. The number of nitrogens with zero attached hydrogens (tertiary/aromatic N) is 1. The van der Waals surface area contributed by atoms with Gasteiger partial charge < -0.3 is 13.9 Å². The van der Waals surface area contributed by atoms with E-state index in [1.807, 2.05) is 24.3 Å². The average Bonchev–Trinajstić information content (AvgIpc) is 3.06. The maximum absolute atomic E-state index is 12.2. The monoisotopic (exact) mass is 299 g/mol. The van der Waals surface area contributed by atoms with Crippen LogP contribution in [-0.4, -0.2) is 19.7 Å². The van der Waals surface area contributed by atoms with Crippen LogP contribution in [0.5, 0.6) is 5.75 Å². The lowest BCUT2D eigenvalue weighted by Crippen LogP contribution is -2.24. The number of ether oxygens (including phenoxy) is 2. The molecule has 0 radical (unpaired) electrons. The van der Waals surface area contributed by atoms with E-state index in [-0.39, 0.29) is 6.61 Å². The number of esters is 1. The van der Waals surface area contributed by atoms with Gasteiger partial charge in [-0.15, -0.1) is 0 Å². The van der Waals surface area contributed by atoms with E-state index in [4.69, 9.17) is 13.9 Å². The Kier molecular flexibility index (Phi) is 5.21. The maximum atomic E-state index is 12.2. The van der Waals surface area contributed by atoms with Crippen LogP contribution in [0.25, 0.3) is 0 Å². The number of furan rings is 1. The summed E-state index contributed by atoms with van der Waals surface area (Å²) in [5, 5.41) is 9.48. The first-order valence-corrected chi connectivity index (χ1v) is 6.95. The first-order valence-electron chi connectivity index (χ1n) is 6.95. The van der Waals surface area contributed by atoms with Crippen molar-refractivity contribution in [3.63, 3.8) is 0 Å². The van der Waals surface area contributed by atoms with E-state index in [9.17, 15) is 10.1 Å². The second-order valence-electron chi connectivity index (χ2n) is 4.59. The largest absolute Gasteiger partial charge is 0.496 e. The van der Waals surface area contributed by atoms with E-state index in [1.54, 1.807) is 32.2 Å². The molecule has 1 aromatic carbocycles. The van der Waals surface area contributed by atoms with Gasteiger partial charge in [0.15, 0.2) is 5.92 Å². The number of hydrogen-bond donors (Lipinski definition) is 0. The zero-order valence-corrected chi connectivity index (χ0v) is 12.5. The molecule has 0 amide bonds. The number of rotatable bonds is 6. The summed E-state index contributed by atoms with van der Waals surface area (Å²) in [6.45, 7) is 1.92. The van der Waals surface area contributed by atoms with E-state index in [2.05, 4.69) is 0 Å². The van der Waals surface area contributed by atoms with Crippen molar-refractivity contribution >= 4 is 5.97 Å². The standard InChI is InChI=1S/C17H17NO4/c1-3-21-17(19)13(11-18)16(15-9-6-10-22-15)12-7-4-5-8-14(12)20-2/h4-10,13,16H,3H2,1-2H3/t13-,16-/m1/s1. The first kappa shape index (κ1) is 15.6. The van der Waals surface area contributed by atoms with E-state index in [1.165, 1.54) is 6.26 Å². The van der Waals surface area contributed by atoms with Crippen molar-refractivity contribution in [1.29, 1.82) is 5.26 Å². The van der Waals surface area contributed by atoms with Crippen LogP contribution in [0, 0.1) is 17.2 Å². The highest BCUT2D eigenvalue weighted by Crippen LogP contribution is 2.37. The molecule has 0 saturated carbocycles. The van der Waals surface area contributed by atoms with Gasteiger partial charge in [-0.05, 0) is 25.1 Å². The molecule has 22 heavy (non-hydrogen) atoms. The lowest BCUT2D eigenvalue weighted by molar-refractivity contribution is -0.146. The summed E-state index contributed by atoms with van der Waals surface area (Å²) in [6, 6.07) is 12.7. The Balaban J connectivity index is 2.52. The highest BCUT2D eigenvalue weighted by atomic mass is 16.5. The minimum absolute atomic E-state index is 0.216. The van der Waals surface area contributed by atoms with Crippen LogP contribution in [0.2, 0.25) is 0 Å². The molecule has 114 valence electrons. The van der Waals surface area contributed by atoms with Crippen molar-refractivity contribution in [1.82, 2.24) is 0 Å². The highest BCUT2D eigenvalue weighted by Gasteiger charge is 2.35. The fourth-order valence-electron chi connectivity index (χ4n) is 2.38. The Morgan fingerprint density at radius 1 is 1.32 bits per heavy atom. The zero-order chi connectivity index (χ0) is 15.9. The minimum Gasteiger partial charge on any atom is -0.496 e. The molecule has 0 unspecified atom stereocenters. The van der Waals surface area contributed by atoms with Gasteiger partial charge in [0.1, 0.15) is 11.5 Å². The van der Waals surface area contributed by atoms with Crippen LogP contribution >= 0.6 is 0 Å². The van der Waals surface area contributed by atoms with Crippen molar-refractivity contribution < 1.29 is 18.7 Å². The van der Waals surface area contributed by atoms with Gasteiger partial charge in [0.2, 0.25) is 0 Å². The summed E-state index contributed by atoms with van der Waals surface area (Å²) in [5.41, 5.74) is 0.708. The average molecular weight is 299 g/mol. The number of hydrogen-bond acceptors (Lipinski definition) is 5. The van der Waals surface area contributed by atoms with Crippen LogP contribution in [0.1, 0.15) is 24.2 Å². The topological polar surface area (TPSA) is 72.5 Å². The van der Waals surface area contributed by atoms with Gasteiger partial charge in [-0.2, -0.15) is 5.26 Å².